The van der Waals surface area contributed by atoms with E-state index in [1.54, 1.807) is 17.7 Å². The predicted molar refractivity (Wildman–Crippen MR) is 162 cm³/mol. The van der Waals surface area contributed by atoms with Crippen molar-refractivity contribution in [3.05, 3.63) is 88.9 Å². The minimum Gasteiger partial charge on any atom is -0.454 e. The third kappa shape index (κ3) is 4.34. The van der Waals surface area contributed by atoms with Crippen LogP contribution in [0.1, 0.15) is 78.6 Å². The molecular formula is C37H36FN2O+. The van der Waals surface area contributed by atoms with Crippen LogP contribution in [0.4, 0.5) is 4.39 Å². The van der Waals surface area contributed by atoms with Gasteiger partial charge < -0.3 is 4.42 Å². The largest absolute Gasteiger partial charge is 0.454 e. The average molecular weight is 548 g/mol. The molecule has 0 radical (unpaired) electrons. The van der Waals surface area contributed by atoms with Crippen molar-refractivity contribution in [2.75, 3.05) is 0 Å². The lowest BCUT2D eigenvalue weighted by Gasteiger charge is -2.39. The molecule has 41 heavy (non-hydrogen) atoms. The maximum absolute atomic E-state index is 15.2. The van der Waals surface area contributed by atoms with Gasteiger partial charge in [-0.1, -0.05) is 62.1 Å². The van der Waals surface area contributed by atoms with Gasteiger partial charge in [-0.05, 0) is 79.6 Å². The van der Waals surface area contributed by atoms with Crippen molar-refractivity contribution in [3.63, 3.8) is 0 Å². The van der Waals surface area contributed by atoms with Gasteiger partial charge in [-0.15, -0.1) is 0 Å². The molecule has 206 valence electrons. The smallest absolute Gasteiger partial charge is 0.219 e. The van der Waals surface area contributed by atoms with Crippen LogP contribution in [0.25, 0.3) is 44.3 Å². The first kappa shape index (κ1) is 21.7. The lowest BCUT2D eigenvalue weighted by molar-refractivity contribution is -0.661. The zero-order chi connectivity index (χ0) is 31.7. The van der Waals surface area contributed by atoms with Gasteiger partial charge in [-0.25, -0.2) is 8.96 Å². The van der Waals surface area contributed by atoms with Crippen molar-refractivity contribution in [2.24, 2.45) is 18.9 Å². The lowest BCUT2D eigenvalue weighted by Crippen LogP contribution is -2.31. The molecule has 3 atom stereocenters. The first-order valence-electron chi connectivity index (χ1n) is 16.7. The van der Waals surface area contributed by atoms with E-state index in [1.165, 1.54) is 37.9 Å². The molecule has 0 saturated heterocycles. The minimum absolute atomic E-state index is 0.339. The van der Waals surface area contributed by atoms with Crippen molar-refractivity contribution in [1.82, 2.24) is 0 Å². The van der Waals surface area contributed by atoms with Gasteiger partial charge in [0.05, 0.1) is 17.2 Å². The molecular weight excluding hydrogens is 507 g/mol. The van der Waals surface area contributed by atoms with Crippen LogP contribution in [-0.4, -0.2) is 0 Å². The second-order valence-electron chi connectivity index (χ2n) is 12.0. The number of aromatic nitrogens is 1. The van der Waals surface area contributed by atoms with Crippen molar-refractivity contribution in [3.8, 4) is 28.5 Å². The molecule has 0 aliphatic heterocycles. The van der Waals surface area contributed by atoms with E-state index in [9.17, 15) is 6.63 Å². The summed E-state index contributed by atoms with van der Waals surface area (Å²) in [4.78, 5) is 0. The van der Waals surface area contributed by atoms with Crippen molar-refractivity contribution in [1.29, 1.82) is 5.26 Å². The van der Waals surface area contributed by atoms with Crippen LogP contribution in [-0.2, 0) is 7.05 Å². The molecule has 2 heterocycles. The monoisotopic (exact) mass is 547 g/mol. The van der Waals surface area contributed by atoms with E-state index >= 15 is 4.39 Å². The number of halogens is 1. The van der Waals surface area contributed by atoms with Crippen LogP contribution in [0.5, 0.6) is 0 Å². The molecule has 2 aliphatic rings. The minimum atomic E-state index is -2.58. The highest BCUT2D eigenvalue weighted by Gasteiger charge is 2.33. The van der Waals surface area contributed by atoms with Gasteiger partial charge in [0.25, 0.3) is 0 Å². The Labute approximate surface area is 246 Å². The maximum Gasteiger partial charge on any atom is 0.219 e. The highest BCUT2D eigenvalue weighted by Crippen LogP contribution is 2.47. The van der Waals surface area contributed by atoms with E-state index in [1.807, 2.05) is 37.3 Å². The number of benzene rings is 3. The molecule has 0 bridgehead atoms. The topological polar surface area (TPSA) is 40.8 Å². The molecule has 2 saturated carbocycles. The first-order chi connectivity index (χ1) is 21.5. The number of fused-ring (bicyclic) bond motifs is 4. The van der Waals surface area contributed by atoms with E-state index in [4.69, 9.17) is 8.53 Å². The summed E-state index contributed by atoms with van der Waals surface area (Å²) in [6.07, 6.45) is 9.36. The lowest BCUT2D eigenvalue weighted by atomic mass is 9.66. The van der Waals surface area contributed by atoms with E-state index < -0.39 is 18.6 Å². The number of aryl methyl sites for hydroxylation is 3. The molecule has 3 aromatic carbocycles. The molecule has 0 amide bonds. The number of nitrogens with zero attached hydrogens (tertiary/aromatic N) is 2. The molecule has 7 rings (SSSR count). The number of hydrogen-bond acceptors (Lipinski definition) is 2. The van der Waals surface area contributed by atoms with Gasteiger partial charge in [-0.2, -0.15) is 5.26 Å². The Balaban J connectivity index is 1.35. The summed E-state index contributed by atoms with van der Waals surface area (Å²) in [6.45, 7) is -0.664. The Bertz CT molecular complexity index is 2010. The quantitative estimate of drug-likeness (QED) is 0.211. The van der Waals surface area contributed by atoms with Crippen LogP contribution in [0.15, 0.2) is 65.2 Å². The standard InChI is InChI=1S/C37H36FN2O/c1-22-8-16-30-31-17-15-29(20-39)35(37(31)41-36(30)34(22)33-19-32(38)23(2)21-40(33)3)26-12-9-25(10-13-26)28-14-11-24-6-4-5-7-27(24)18-28/h8-10,12-13,15-17,19,21,24,27-28H,4-7,11,14,18H2,1-3H3/q+1/i2D3,28D. The molecule has 0 N–H and O–H groups in total. The van der Waals surface area contributed by atoms with Crippen LogP contribution in [0, 0.1) is 42.8 Å². The van der Waals surface area contributed by atoms with Crippen LogP contribution < -0.4 is 4.57 Å². The number of pyridine rings is 1. The Hall–Kier alpha value is -3.97. The highest BCUT2D eigenvalue weighted by atomic mass is 19.1. The molecule has 2 fully saturated rings. The van der Waals surface area contributed by atoms with E-state index in [2.05, 4.69) is 18.2 Å². The van der Waals surface area contributed by atoms with Crippen molar-refractivity contribution < 1.29 is 18.9 Å². The van der Waals surface area contributed by atoms with Gasteiger partial charge >= 0.3 is 0 Å². The summed E-state index contributed by atoms with van der Waals surface area (Å²) in [7, 11) is 1.70. The molecule has 2 aliphatic carbocycles. The van der Waals surface area contributed by atoms with E-state index in [0.717, 1.165) is 52.6 Å². The fraction of sp³-hybridized carbons (Fsp3) is 0.351. The van der Waals surface area contributed by atoms with Gasteiger partial charge in [0.15, 0.2) is 6.20 Å². The normalized spacial score (nSPS) is 24.2. The Morgan fingerprint density at radius 3 is 2.41 bits per heavy atom. The first-order valence-corrected chi connectivity index (χ1v) is 14.7. The van der Waals surface area contributed by atoms with Crippen molar-refractivity contribution in [2.45, 2.75) is 64.6 Å². The molecule has 4 heteroatoms. The summed E-state index contributed by atoms with van der Waals surface area (Å²) in [5.74, 6) is 0.0171. The van der Waals surface area contributed by atoms with E-state index in [-0.39, 0.29) is 5.56 Å². The SMILES string of the molecule is [2H]C([2H])([2H])c1c[n+](C)c(-c2c(C)ccc3c2oc2c(-c4ccc(C5([2H])CCC6CCCCC6C5)cc4)c(C#N)ccc23)cc1F. The van der Waals surface area contributed by atoms with Gasteiger partial charge in [-0.3, -0.25) is 0 Å². The summed E-state index contributed by atoms with van der Waals surface area (Å²) in [5.41, 5.74) is 5.80. The fourth-order valence-electron chi connectivity index (χ4n) is 7.42. The average Bonchev–Trinajstić information content (AvgIpc) is 3.39. The summed E-state index contributed by atoms with van der Waals surface area (Å²) in [5, 5.41) is 11.8. The Morgan fingerprint density at radius 2 is 1.66 bits per heavy atom. The summed E-state index contributed by atoms with van der Waals surface area (Å²) >= 11 is 0. The maximum atomic E-state index is 15.2. The van der Waals surface area contributed by atoms with Gasteiger partial charge in [0.2, 0.25) is 5.69 Å². The molecule has 3 nitrogen and oxygen atoms in total. The molecule has 2 aromatic heterocycles. The fourth-order valence-corrected chi connectivity index (χ4v) is 7.42. The number of furan rings is 1. The number of rotatable bonds is 3. The predicted octanol–water partition coefficient (Wildman–Crippen LogP) is 9.45. The Kier molecular flexibility index (Phi) is 5.38. The number of nitriles is 1. The van der Waals surface area contributed by atoms with Gasteiger partial charge in [0, 0.05) is 33.4 Å². The van der Waals surface area contributed by atoms with Crippen LogP contribution in [0.3, 0.4) is 0 Å². The summed E-state index contributed by atoms with van der Waals surface area (Å²) in [6, 6.07) is 19.3. The number of hydrogen-bond donors (Lipinski definition) is 0. The summed E-state index contributed by atoms with van der Waals surface area (Å²) < 4.78 is 56.0. The second-order valence-corrected chi connectivity index (χ2v) is 12.0. The van der Waals surface area contributed by atoms with Crippen LogP contribution in [0.2, 0.25) is 0 Å². The molecule has 5 aromatic rings. The highest BCUT2D eigenvalue weighted by molar-refractivity contribution is 6.14. The zero-order valence-electron chi connectivity index (χ0n) is 27.6. The third-order valence-corrected chi connectivity index (χ3v) is 9.59. The third-order valence-electron chi connectivity index (χ3n) is 9.59. The zero-order valence-corrected chi connectivity index (χ0v) is 23.6. The van der Waals surface area contributed by atoms with Crippen molar-refractivity contribution >= 4 is 21.9 Å². The van der Waals surface area contributed by atoms with E-state index in [0.29, 0.717) is 39.5 Å². The van der Waals surface area contributed by atoms with Crippen LogP contribution >= 0.6 is 0 Å². The Morgan fingerprint density at radius 1 is 0.927 bits per heavy atom. The second kappa shape index (κ2) is 10.1. The molecule has 3 unspecified atom stereocenters. The molecule has 0 spiro atoms. The van der Waals surface area contributed by atoms with Gasteiger partial charge in [0.1, 0.15) is 24.0 Å².